The van der Waals surface area contributed by atoms with Crippen LogP contribution in [-0.2, 0) is 5.41 Å². The largest absolute Gasteiger partial charge is 0.456 e. The number of rotatable bonds is 7. The number of hydrogen-bond donors (Lipinski definition) is 0. The molecule has 1 aliphatic rings. The molecule has 0 amide bonds. The summed E-state index contributed by atoms with van der Waals surface area (Å²) >= 11 is 0. The fourth-order valence-corrected chi connectivity index (χ4v) is 10.9. The van der Waals surface area contributed by atoms with E-state index in [-0.39, 0.29) is 5.41 Å². The Bertz CT molecular complexity index is 3810. The lowest BCUT2D eigenvalue weighted by Gasteiger charge is -2.28. The van der Waals surface area contributed by atoms with Crippen molar-refractivity contribution in [2.45, 2.75) is 19.3 Å². The van der Waals surface area contributed by atoms with Crippen molar-refractivity contribution in [1.82, 2.24) is 4.57 Å². The lowest BCUT2D eigenvalue weighted by atomic mass is 9.82. The van der Waals surface area contributed by atoms with E-state index in [2.05, 4.69) is 254 Å². The molecule has 12 aromatic rings. The summed E-state index contributed by atoms with van der Waals surface area (Å²) in [5.74, 6) is 0. The summed E-state index contributed by atoms with van der Waals surface area (Å²) in [4.78, 5) is 2.41. The maximum absolute atomic E-state index is 6.76. The van der Waals surface area contributed by atoms with E-state index in [1.807, 2.05) is 0 Å². The van der Waals surface area contributed by atoms with Crippen LogP contribution >= 0.6 is 0 Å². The third-order valence-corrected chi connectivity index (χ3v) is 14.0. The maximum Gasteiger partial charge on any atom is 0.138 e. The Balaban J connectivity index is 1.04. The number of anilines is 3. The van der Waals surface area contributed by atoms with Crippen molar-refractivity contribution in [2.24, 2.45) is 0 Å². The van der Waals surface area contributed by atoms with E-state index < -0.39 is 0 Å². The average Bonchev–Trinajstić information content (AvgIpc) is 3.99. The zero-order valence-electron chi connectivity index (χ0n) is 36.7. The first kappa shape index (κ1) is 38.1. The lowest BCUT2D eigenvalue weighted by molar-refractivity contribution is 0.660. The number of fused-ring (bicyclic) bond motifs is 9. The van der Waals surface area contributed by atoms with Crippen LogP contribution in [-0.4, -0.2) is 4.57 Å². The molecule has 2 heterocycles. The van der Waals surface area contributed by atoms with Crippen LogP contribution in [0.1, 0.15) is 25.0 Å². The van der Waals surface area contributed by atoms with Gasteiger partial charge in [-0.3, -0.25) is 0 Å². The number of para-hydroxylation sites is 1. The Morgan fingerprint density at radius 1 is 0.379 bits per heavy atom. The quantitative estimate of drug-likeness (QED) is 0.159. The molecule has 0 saturated carbocycles. The predicted molar refractivity (Wildman–Crippen MR) is 277 cm³/mol. The Morgan fingerprint density at radius 3 is 1.70 bits per heavy atom. The fourth-order valence-electron chi connectivity index (χ4n) is 10.9. The number of aromatic nitrogens is 1. The van der Waals surface area contributed by atoms with Gasteiger partial charge >= 0.3 is 0 Å². The predicted octanol–water partition coefficient (Wildman–Crippen LogP) is 17.5. The highest BCUT2D eigenvalue weighted by Gasteiger charge is 2.36. The van der Waals surface area contributed by atoms with Gasteiger partial charge in [-0.2, -0.15) is 0 Å². The molecule has 0 spiro atoms. The highest BCUT2D eigenvalue weighted by Crippen LogP contribution is 2.52. The van der Waals surface area contributed by atoms with Gasteiger partial charge in [-0.15, -0.1) is 0 Å². The second-order valence-electron chi connectivity index (χ2n) is 18.0. The monoisotopic (exact) mass is 844 g/mol. The van der Waals surface area contributed by atoms with Crippen LogP contribution in [0.5, 0.6) is 0 Å². The third-order valence-electron chi connectivity index (χ3n) is 14.0. The summed E-state index contributed by atoms with van der Waals surface area (Å²) in [6, 6.07) is 83.7. The topological polar surface area (TPSA) is 21.3 Å². The minimum atomic E-state index is -0.131. The van der Waals surface area contributed by atoms with E-state index in [0.29, 0.717) is 0 Å². The van der Waals surface area contributed by atoms with E-state index in [1.165, 1.54) is 60.8 Å². The van der Waals surface area contributed by atoms with Gasteiger partial charge in [-0.25, -0.2) is 0 Å². The summed E-state index contributed by atoms with van der Waals surface area (Å²) < 4.78 is 9.20. The molecule has 0 N–H and O–H groups in total. The molecule has 2 aromatic heterocycles. The molecule has 0 aliphatic heterocycles. The van der Waals surface area contributed by atoms with Gasteiger partial charge in [0.1, 0.15) is 11.2 Å². The number of hydrogen-bond acceptors (Lipinski definition) is 2. The average molecular weight is 845 g/mol. The molecule has 13 rings (SSSR count). The van der Waals surface area contributed by atoms with Crippen LogP contribution in [0.4, 0.5) is 17.1 Å². The molecule has 0 saturated heterocycles. The van der Waals surface area contributed by atoms with Gasteiger partial charge in [0.2, 0.25) is 0 Å². The fraction of sp³-hybridized carbons (Fsp3) is 0.0476. The molecule has 0 unspecified atom stereocenters. The van der Waals surface area contributed by atoms with E-state index in [4.69, 9.17) is 4.42 Å². The first-order valence-electron chi connectivity index (χ1n) is 22.8. The van der Waals surface area contributed by atoms with Crippen molar-refractivity contribution in [1.29, 1.82) is 0 Å². The standard InChI is InChI=1S/C63H44N2O/c1-63(2)53-26-14-12-23-50(53)51-38-37-48(39-54(51)63)64(45-31-29-42(30-32-45)41-17-6-3-7-18-41)46-33-35-47(36-34-46)65-55-27-16-25-49(43-19-8-4-9-20-43)60(55)62-56(65)40-58-61(52-24-13-15-28-57(52)66-58)59(62)44-21-10-5-11-22-44/h3-40H,1-2H3. The first-order valence-corrected chi connectivity index (χ1v) is 22.8. The summed E-state index contributed by atoms with van der Waals surface area (Å²) in [7, 11) is 0. The molecule has 0 bridgehead atoms. The Morgan fingerprint density at radius 2 is 0.955 bits per heavy atom. The van der Waals surface area contributed by atoms with Crippen molar-refractivity contribution in [3.8, 4) is 50.2 Å². The van der Waals surface area contributed by atoms with Crippen molar-refractivity contribution in [3.63, 3.8) is 0 Å². The zero-order valence-corrected chi connectivity index (χ0v) is 36.7. The first-order chi connectivity index (χ1) is 32.5. The van der Waals surface area contributed by atoms with Crippen LogP contribution in [0.25, 0.3) is 93.9 Å². The van der Waals surface area contributed by atoms with Crippen LogP contribution in [0, 0.1) is 0 Å². The van der Waals surface area contributed by atoms with Gasteiger partial charge in [-0.1, -0.05) is 178 Å². The number of furan rings is 1. The van der Waals surface area contributed by atoms with Crippen LogP contribution in [0.3, 0.4) is 0 Å². The molecule has 66 heavy (non-hydrogen) atoms. The Labute approximate surface area is 384 Å². The Hall–Kier alpha value is -8.40. The molecular formula is C63H44N2O. The SMILES string of the molecule is CC1(C)c2ccccc2-c2ccc(N(c3ccc(-c4ccccc4)cc3)c3ccc(-n4c5cccc(-c6ccccc6)c5c5c(-c6ccccc6)c6c(cc54)oc4ccccc46)cc3)cc21. The van der Waals surface area contributed by atoms with Gasteiger partial charge in [0.25, 0.3) is 0 Å². The number of nitrogens with zero attached hydrogens (tertiary/aromatic N) is 2. The van der Waals surface area contributed by atoms with E-state index in [9.17, 15) is 0 Å². The summed E-state index contributed by atoms with van der Waals surface area (Å²) in [6.45, 7) is 4.71. The van der Waals surface area contributed by atoms with Gasteiger partial charge in [0.05, 0.1) is 11.0 Å². The molecule has 0 atom stereocenters. The normalized spacial score (nSPS) is 12.8. The molecule has 3 nitrogen and oxygen atoms in total. The van der Waals surface area contributed by atoms with E-state index in [1.54, 1.807) is 0 Å². The van der Waals surface area contributed by atoms with Crippen molar-refractivity contribution in [3.05, 3.63) is 242 Å². The molecule has 1 aliphatic carbocycles. The van der Waals surface area contributed by atoms with Crippen molar-refractivity contribution >= 4 is 60.8 Å². The summed E-state index contributed by atoms with van der Waals surface area (Å²) in [5.41, 5.74) is 20.7. The second-order valence-corrected chi connectivity index (χ2v) is 18.0. The van der Waals surface area contributed by atoms with Crippen LogP contribution < -0.4 is 4.90 Å². The minimum Gasteiger partial charge on any atom is -0.456 e. The van der Waals surface area contributed by atoms with Crippen molar-refractivity contribution < 1.29 is 4.42 Å². The molecule has 312 valence electrons. The van der Waals surface area contributed by atoms with Gasteiger partial charge < -0.3 is 13.9 Å². The lowest BCUT2D eigenvalue weighted by Crippen LogP contribution is -2.16. The molecular weight excluding hydrogens is 801 g/mol. The molecule has 0 radical (unpaired) electrons. The minimum absolute atomic E-state index is 0.131. The van der Waals surface area contributed by atoms with Crippen molar-refractivity contribution in [2.75, 3.05) is 4.90 Å². The Kier molecular flexibility index (Phi) is 8.56. The maximum atomic E-state index is 6.76. The molecule has 0 fully saturated rings. The van der Waals surface area contributed by atoms with E-state index in [0.717, 1.165) is 61.3 Å². The molecule has 3 heteroatoms. The zero-order chi connectivity index (χ0) is 43.9. The summed E-state index contributed by atoms with van der Waals surface area (Å²) in [5, 5.41) is 4.68. The van der Waals surface area contributed by atoms with Crippen LogP contribution in [0.2, 0.25) is 0 Å². The van der Waals surface area contributed by atoms with Gasteiger partial charge in [0.15, 0.2) is 0 Å². The third kappa shape index (κ3) is 5.83. The summed E-state index contributed by atoms with van der Waals surface area (Å²) in [6.07, 6.45) is 0. The second kappa shape index (κ2) is 14.8. The highest BCUT2D eigenvalue weighted by atomic mass is 16.3. The highest BCUT2D eigenvalue weighted by molar-refractivity contribution is 6.29. The van der Waals surface area contributed by atoms with E-state index >= 15 is 0 Å². The van der Waals surface area contributed by atoms with Gasteiger partial charge in [0, 0.05) is 61.3 Å². The van der Waals surface area contributed by atoms with Crippen LogP contribution in [0.15, 0.2) is 235 Å². The molecule has 10 aromatic carbocycles. The van der Waals surface area contributed by atoms with Gasteiger partial charge in [-0.05, 0) is 111 Å². The smallest absolute Gasteiger partial charge is 0.138 e. The number of benzene rings is 10.